The molecule has 0 bridgehead atoms. The normalized spacial score (nSPS) is 21.5. The molecule has 0 aromatic carbocycles. The van der Waals surface area contributed by atoms with Crippen LogP contribution in [-0.2, 0) is 19.5 Å². The van der Waals surface area contributed by atoms with Crippen molar-refractivity contribution in [2.24, 2.45) is 5.92 Å². The SMILES string of the molecule is CNC(Cn1nc2n(c1=O)CCCC2)C1CCCC1. The molecule has 1 atom stereocenters. The van der Waals surface area contributed by atoms with Crippen molar-refractivity contribution in [3.8, 4) is 0 Å². The molecular formula is C14H24N4O. The Labute approximate surface area is 114 Å². The molecule has 2 aliphatic rings. The van der Waals surface area contributed by atoms with Crippen molar-refractivity contribution in [2.75, 3.05) is 7.05 Å². The van der Waals surface area contributed by atoms with Crippen LogP contribution in [-0.4, -0.2) is 27.4 Å². The van der Waals surface area contributed by atoms with Gasteiger partial charge in [0, 0.05) is 19.0 Å². The molecule has 0 spiro atoms. The number of aromatic nitrogens is 3. The topological polar surface area (TPSA) is 51.9 Å². The first kappa shape index (κ1) is 12.9. The molecule has 0 radical (unpaired) electrons. The van der Waals surface area contributed by atoms with Gasteiger partial charge in [0.25, 0.3) is 0 Å². The minimum atomic E-state index is 0.0907. The number of nitrogens with one attached hydrogen (secondary N) is 1. The van der Waals surface area contributed by atoms with Crippen LogP contribution < -0.4 is 11.0 Å². The molecular weight excluding hydrogens is 240 g/mol. The number of aryl methyl sites for hydroxylation is 1. The first-order valence-electron chi connectivity index (χ1n) is 7.63. The zero-order valence-corrected chi connectivity index (χ0v) is 11.8. The molecule has 1 unspecified atom stereocenters. The predicted octanol–water partition coefficient (Wildman–Crippen LogP) is 1.16. The molecule has 5 heteroatoms. The van der Waals surface area contributed by atoms with Crippen molar-refractivity contribution in [3.05, 3.63) is 16.3 Å². The van der Waals surface area contributed by atoms with Crippen molar-refractivity contribution in [1.29, 1.82) is 0 Å². The Hall–Kier alpha value is -1.10. The summed E-state index contributed by atoms with van der Waals surface area (Å²) < 4.78 is 3.56. The number of fused-ring (bicyclic) bond motifs is 1. The molecule has 1 saturated carbocycles. The fourth-order valence-electron chi connectivity index (χ4n) is 3.59. The van der Waals surface area contributed by atoms with E-state index in [0.29, 0.717) is 12.0 Å². The van der Waals surface area contributed by atoms with Gasteiger partial charge in [0.15, 0.2) is 0 Å². The molecule has 5 nitrogen and oxygen atoms in total. The van der Waals surface area contributed by atoms with E-state index in [1.807, 2.05) is 11.6 Å². The smallest absolute Gasteiger partial charge is 0.315 e. The highest BCUT2D eigenvalue weighted by Gasteiger charge is 2.26. The number of likely N-dealkylation sites (N-methyl/N-ethyl adjacent to an activating group) is 1. The maximum absolute atomic E-state index is 12.3. The molecule has 1 aliphatic heterocycles. The number of rotatable bonds is 4. The number of nitrogens with zero attached hydrogens (tertiary/aromatic N) is 3. The van der Waals surface area contributed by atoms with E-state index in [1.54, 1.807) is 4.68 Å². The van der Waals surface area contributed by atoms with Crippen molar-refractivity contribution < 1.29 is 0 Å². The summed E-state index contributed by atoms with van der Waals surface area (Å²) in [5.74, 6) is 1.69. The molecule has 1 aliphatic carbocycles. The quantitative estimate of drug-likeness (QED) is 0.888. The Kier molecular flexibility index (Phi) is 3.73. The van der Waals surface area contributed by atoms with Gasteiger partial charge in [-0.25, -0.2) is 9.48 Å². The Bertz CT molecular complexity index is 484. The lowest BCUT2D eigenvalue weighted by molar-refractivity contribution is 0.323. The van der Waals surface area contributed by atoms with Crippen LogP contribution in [0.25, 0.3) is 0 Å². The second-order valence-corrected chi connectivity index (χ2v) is 5.93. The first-order chi connectivity index (χ1) is 9.29. The van der Waals surface area contributed by atoms with E-state index in [4.69, 9.17) is 0 Å². The lowest BCUT2D eigenvalue weighted by atomic mass is 9.98. The van der Waals surface area contributed by atoms with Crippen LogP contribution in [0, 0.1) is 5.92 Å². The van der Waals surface area contributed by atoms with Gasteiger partial charge in [0.1, 0.15) is 5.82 Å². The van der Waals surface area contributed by atoms with Gasteiger partial charge in [-0.05, 0) is 38.6 Å². The molecule has 1 aromatic heterocycles. The molecule has 1 fully saturated rings. The summed E-state index contributed by atoms with van der Waals surface area (Å²) in [5.41, 5.74) is 0.0907. The summed E-state index contributed by atoms with van der Waals surface area (Å²) in [5, 5.41) is 7.93. The third-order valence-corrected chi connectivity index (χ3v) is 4.74. The van der Waals surface area contributed by atoms with Gasteiger partial charge in [0.05, 0.1) is 6.54 Å². The highest BCUT2D eigenvalue weighted by Crippen LogP contribution is 2.28. The zero-order chi connectivity index (χ0) is 13.2. The summed E-state index contributed by atoms with van der Waals surface area (Å²) >= 11 is 0. The van der Waals surface area contributed by atoms with Gasteiger partial charge in [-0.15, -0.1) is 0 Å². The number of hydrogen-bond acceptors (Lipinski definition) is 3. The van der Waals surface area contributed by atoms with Gasteiger partial charge in [-0.2, -0.15) is 5.10 Å². The van der Waals surface area contributed by atoms with Crippen LogP contribution in [0.5, 0.6) is 0 Å². The monoisotopic (exact) mass is 264 g/mol. The standard InChI is InChI=1S/C14H24N4O/c1-15-12(11-6-2-3-7-11)10-18-14(19)17-9-5-4-8-13(17)16-18/h11-12,15H,2-10H2,1H3. The average Bonchev–Trinajstić information content (AvgIpc) is 3.06. The van der Waals surface area contributed by atoms with Crippen molar-refractivity contribution in [3.63, 3.8) is 0 Å². The van der Waals surface area contributed by atoms with E-state index >= 15 is 0 Å². The summed E-state index contributed by atoms with van der Waals surface area (Å²) in [4.78, 5) is 12.3. The first-order valence-corrected chi connectivity index (χ1v) is 7.63. The summed E-state index contributed by atoms with van der Waals surface area (Å²) in [7, 11) is 2.00. The molecule has 3 rings (SSSR count). The van der Waals surface area contributed by atoms with Crippen LogP contribution in [0.15, 0.2) is 4.79 Å². The lowest BCUT2D eigenvalue weighted by Crippen LogP contribution is -2.40. The van der Waals surface area contributed by atoms with E-state index in [1.165, 1.54) is 25.7 Å². The third kappa shape index (κ3) is 2.48. The molecule has 1 N–H and O–H groups in total. The maximum Gasteiger partial charge on any atom is 0.345 e. The van der Waals surface area contributed by atoms with E-state index < -0.39 is 0 Å². The average molecular weight is 264 g/mol. The van der Waals surface area contributed by atoms with Crippen LogP contribution in [0.4, 0.5) is 0 Å². The fourth-order valence-corrected chi connectivity index (χ4v) is 3.59. The number of hydrogen-bond donors (Lipinski definition) is 1. The highest BCUT2D eigenvalue weighted by molar-refractivity contribution is 4.92. The molecule has 1 aromatic rings. The largest absolute Gasteiger partial charge is 0.345 e. The van der Waals surface area contributed by atoms with Gasteiger partial charge in [-0.3, -0.25) is 4.57 Å². The van der Waals surface area contributed by atoms with E-state index in [2.05, 4.69) is 10.4 Å². The van der Waals surface area contributed by atoms with Crippen LogP contribution in [0.1, 0.15) is 44.3 Å². The van der Waals surface area contributed by atoms with Crippen LogP contribution in [0.2, 0.25) is 0 Å². The summed E-state index contributed by atoms with van der Waals surface area (Å²) in [6.07, 6.45) is 8.46. The summed E-state index contributed by atoms with van der Waals surface area (Å²) in [6.45, 7) is 1.57. The van der Waals surface area contributed by atoms with Crippen molar-refractivity contribution >= 4 is 0 Å². The Morgan fingerprint density at radius 2 is 2.11 bits per heavy atom. The maximum atomic E-state index is 12.3. The van der Waals surface area contributed by atoms with E-state index in [-0.39, 0.29) is 5.69 Å². The highest BCUT2D eigenvalue weighted by atomic mass is 16.2. The van der Waals surface area contributed by atoms with Gasteiger partial charge in [-0.1, -0.05) is 12.8 Å². The minimum absolute atomic E-state index is 0.0907. The lowest BCUT2D eigenvalue weighted by Gasteiger charge is -2.22. The molecule has 0 amide bonds. The minimum Gasteiger partial charge on any atom is -0.315 e. The third-order valence-electron chi connectivity index (χ3n) is 4.74. The van der Waals surface area contributed by atoms with Gasteiger partial charge in [0.2, 0.25) is 0 Å². The van der Waals surface area contributed by atoms with E-state index in [0.717, 1.165) is 38.2 Å². The van der Waals surface area contributed by atoms with Crippen LogP contribution in [0.3, 0.4) is 0 Å². The van der Waals surface area contributed by atoms with Gasteiger partial charge >= 0.3 is 5.69 Å². The van der Waals surface area contributed by atoms with Crippen LogP contribution >= 0.6 is 0 Å². The molecule has 19 heavy (non-hydrogen) atoms. The molecule has 0 saturated heterocycles. The fraction of sp³-hybridized carbons (Fsp3) is 0.857. The molecule has 2 heterocycles. The van der Waals surface area contributed by atoms with Gasteiger partial charge < -0.3 is 5.32 Å². The second-order valence-electron chi connectivity index (χ2n) is 5.93. The van der Waals surface area contributed by atoms with Crippen molar-refractivity contribution in [2.45, 2.75) is 64.1 Å². The van der Waals surface area contributed by atoms with Crippen molar-refractivity contribution in [1.82, 2.24) is 19.7 Å². The summed E-state index contributed by atoms with van der Waals surface area (Å²) in [6, 6.07) is 0.386. The zero-order valence-electron chi connectivity index (χ0n) is 11.8. The second kappa shape index (κ2) is 5.49. The van der Waals surface area contributed by atoms with E-state index in [9.17, 15) is 4.79 Å². The molecule has 106 valence electrons. The Morgan fingerprint density at radius 1 is 1.32 bits per heavy atom. The Balaban J connectivity index is 1.78. The predicted molar refractivity (Wildman–Crippen MR) is 74.2 cm³/mol. The Morgan fingerprint density at radius 3 is 2.79 bits per heavy atom.